The Morgan fingerprint density at radius 3 is 2.52 bits per heavy atom. The SMILES string of the molecule is CCc1nnc(CN(C)C(=O)[C@@H]2CC(=O)N(c3ccc(C(C)C)cc3)C2)o1. The zero-order chi connectivity index (χ0) is 19.6. The minimum Gasteiger partial charge on any atom is -0.423 e. The van der Waals surface area contributed by atoms with Crippen molar-refractivity contribution in [2.24, 2.45) is 5.92 Å². The van der Waals surface area contributed by atoms with E-state index in [0.29, 0.717) is 30.7 Å². The Bertz CT molecular complexity index is 813. The Morgan fingerprint density at radius 2 is 1.93 bits per heavy atom. The second-order valence-corrected chi connectivity index (χ2v) is 7.29. The van der Waals surface area contributed by atoms with Gasteiger partial charge in [0, 0.05) is 32.1 Å². The van der Waals surface area contributed by atoms with Gasteiger partial charge in [0.25, 0.3) is 0 Å². The quantitative estimate of drug-likeness (QED) is 0.781. The van der Waals surface area contributed by atoms with E-state index in [0.717, 1.165) is 5.69 Å². The van der Waals surface area contributed by atoms with Crippen molar-refractivity contribution in [2.45, 2.75) is 46.1 Å². The fraction of sp³-hybridized carbons (Fsp3) is 0.500. The Hall–Kier alpha value is -2.70. The molecule has 0 unspecified atom stereocenters. The van der Waals surface area contributed by atoms with Gasteiger partial charge >= 0.3 is 0 Å². The van der Waals surface area contributed by atoms with Gasteiger partial charge in [-0.3, -0.25) is 9.59 Å². The summed E-state index contributed by atoms with van der Waals surface area (Å²) >= 11 is 0. The van der Waals surface area contributed by atoms with Gasteiger partial charge in [0.2, 0.25) is 23.6 Å². The predicted octanol–water partition coefficient (Wildman–Crippen LogP) is 2.77. The topological polar surface area (TPSA) is 79.5 Å². The first kappa shape index (κ1) is 19.1. The summed E-state index contributed by atoms with van der Waals surface area (Å²) in [6.07, 6.45) is 0.880. The molecule has 1 saturated heterocycles. The Morgan fingerprint density at radius 1 is 1.26 bits per heavy atom. The van der Waals surface area contributed by atoms with E-state index < -0.39 is 0 Å². The maximum atomic E-state index is 12.7. The van der Waals surface area contributed by atoms with E-state index in [2.05, 4.69) is 24.0 Å². The maximum absolute atomic E-state index is 12.7. The zero-order valence-corrected chi connectivity index (χ0v) is 16.3. The predicted molar refractivity (Wildman–Crippen MR) is 101 cm³/mol. The van der Waals surface area contributed by atoms with Crippen LogP contribution in [-0.4, -0.2) is 40.5 Å². The molecule has 7 heteroatoms. The molecule has 2 heterocycles. The number of carbonyl (C=O) groups excluding carboxylic acids is 2. The van der Waals surface area contributed by atoms with Crippen LogP contribution >= 0.6 is 0 Å². The highest BCUT2D eigenvalue weighted by Gasteiger charge is 2.36. The molecule has 27 heavy (non-hydrogen) atoms. The van der Waals surface area contributed by atoms with Crippen LogP contribution in [0.4, 0.5) is 5.69 Å². The number of benzene rings is 1. The van der Waals surface area contributed by atoms with E-state index in [4.69, 9.17) is 4.42 Å². The average Bonchev–Trinajstić information content (AvgIpc) is 3.27. The highest BCUT2D eigenvalue weighted by molar-refractivity contribution is 6.00. The van der Waals surface area contributed by atoms with Gasteiger partial charge in [0.1, 0.15) is 0 Å². The Kier molecular flexibility index (Phi) is 5.58. The summed E-state index contributed by atoms with van der Waals surface area (Å²) in [6, 6.07) is 7.98. The van der Waals surface area contributed by atoms with Gasteiger partial charge in [-0.1, -0.05) is 32.9 Å². The summed E-state index contributed by atoms with van der Waals surface area (Å²) in [5.74, 6) is 0.937. The summed E-state index contributed by atoms with van der Waals surface area (Å²) in [5, 5.41) is 7.86. The molecule has 0 bridgehead atoms. The van der Waals surface area contributed by atoms with E-state index in [1.54, 1.807) is 16.8 Å². The minimum absolute atomic E-state index is 0.0230. The zero-order valence-electron chi connectivity index (χ0n) is 16.3. The van der Waals surface area contributed by atoms with Gasteiger partial charge < -0.3 is 14.2 Å². The van der Waals surface area contributed by atoms with Gasteiger partial charge in [0.05, 0.1) is 12.5 Å². The monoisotopic (exact) mass is 370 g/mol. The van der Waals surface area contributed by atoms with Gasteiger partial charge in [0.15, 0.2) is 0 Å². The van der Waals surface area contributed by atoms with Crippen LogP contribution in [0, 0.1) is 5.92 Å². The molecule has 0 radical (unpaired) electrons. The molecule has 1 aromatic carbocycles. The summed E-state index contributed by atoms with van der Waals surface area (Å²) in [6.45, 7) is 6.84. The first-order valence-electron chi connectivity index (χ1n) is 9.35. The smallest absolute Gasteiger partial charge is 0.235 e. The fourth-order valence-electron chi connectivity index (χ4n) is 3.25. The van der Waals surface area contributed by atoms with Gasteiger partial charge in [-0.25, -0.2) is 0 Å². The first-order valence-corrected chi connectivity index (χ1v) is 9.35. The molecule has 1 aliphatic heterocycles. The summed E-state index contributed by atoms with van der Waals surface area (Å²) < 4.78 is 5.46. The number of aromatic nitrogens is 2. The first-order chi connectivity index (χ1) is 12.9. The molecular formula is C20H26N4O3. The van der Waals surface area contributed by atoms with Crippen molar-refractivity contribution in [3.8, 4) is 0 Å². The van der Waals surface area contributed by atoms with Crippen LogP contribution < -0.4 is 4.90 Å². The van der Waals surface area contributed by atoms with E-state index in [1.807, 2.05) is 31.2 Å². The molecule has 144 valence electrons. The third kappa shape index (κ3) is 4.18. The lowest BCUT2D eigenvalue weighted by Gasteiger charge is -2.20. The molecule has 1 aromatic heterocycles. The van der Waals surface area contributed by atoms with E-state index >= 15 is 0 Å². The van der Waals surface area contributed by atoms with Gasteiger partial charge in [-0.15, -0.1) is 10.2 Å². The lowest BCUT2D eigenvalue weighted by atomic mass is 10.0. The van der Waals surface area contributed by atoms with Crippen molar-refractivity contribution in [1.29, 1.82) is 0 Å². The van der Waals surface area contributed by atoms with Crippen LogP contribution in [0.15, 0.2) is 28.7 Å². The van der Waals surface area contributed by atoms with Crippen LogP contribution in [0.3, 0.4) is 0 Å². The number of nitrogens with zero attached hydrogens (tertiary/aromatic N) is 4. The lowest BCUT2D eigenvalue weighted by Crippen LogP contribution is -2.34. The van der Waals surface area contributed by atoms with Crippen molar-refractivity contribution in [1.82, 2.24) is 15.1 Å². The summed E-state index contributed by atoms with van der Waals surface area (Å²) in [5.41, 5.74) is 2.07. The molecule has 0 N–H and O–H groups in total. The molecule has 1 fully saturated rings. The van der Waals surface area contributed by atoms with Crippen molar-refractivity contribution in [2.75, 3.05) is 18.5 Å². The largest absolute Gasteiger partial charge is 0.423 e. The van der Waals surface area contributed by atoms with Crippen molar-refractivity contribution in [3.05, 3.63) is 41.6 Å². The molecule has 0 spiro atoms. The number of anilines is 1. The third-order valence-electron chi connectivity index (χ3n) is 4.91. The molecule has 1 atom stereocenters. The van der Waals surface area contributed by atoms with Crippen LogP contribution in [0.25, 0.3) is 0 Å². The van der Waals surface area contributed by atoms with Gasteiger partial charge in [-0.2, -0.15) is 0 Å². The Balaban J connectivity index is 1.64. The molecule has 3 rings (SSSR count). The second kappa shape index (κ2) is 7.90. The standard InChI is InChI=1S/C20H26N4O3/c1-5-17-21-22-18(27-17)12-23(4)20(26)15-10-19(25)24(11-15)16-8-6-14(7-9-16)13(2)3/h6-9,13,15H,5,10-12H2,1-4H3/t15-/m1/s1. The van der Waals surface area contributed by atoms with Crippen LogP contribution in [-0.2, 0) is 22.6 Å². The summed E-state index contributed by atoms with van der Waals surface area (Å²) in [7, 11) is 1.70. The Labute approximate surface area is 159 Å². The normalized spacial score (nSPS) is 17.0. The van der Waals surface area contributed by atoms with Crippen LogP contribution in [0.1, 0.15) is 50.5 Å². The number of rotatable bonds is 6. The van der Waals surface area contributed by atoms with Crippen molar-refractivity contribution in [3.63, 3.8) is 0 Å². The van der Waals surface area contributed by atoms with Crippen molar-refractivity contribution >= 4 is 17.5 Å². The molecule has 7 nitrogen and oxygen atoms in total. The second-order valence-electron chi connectivity index (χ2n) is 7.29. The molecule has 2 aromatic rings. The van der Waals surface area contributed by atoms with Crippen LogP contribution in [0.2, 0.25) is 0 Å². The lowest BCUT2D eigenvalue weighted by molar-refractivity contribution is -0.135. The average molecular weight is 370 g/mol. The minimum atomic E-state index is -0.360. The number of hydrogen-bond donors (Lipinski definition) is 0. The molecular weight excluding hydrogens is 344 g/mol. The highest BCUT2D eigenvalue weighted by atomic mass is 16.4. The van der Waals surface area contributed by atoms with Crippen molar-refractivity contribution < 1.29 is 14.0 Å². The number of hydrogen-bond acceptors (Lipinski definition) is 5. The number of aryl methyl sites for hydroxylation is 1. The molecule has 1 aliphatic rings. The number of carbonyl (C=O) groups is 2. The van der Waals surface area contributed by atoms with Crippen LogP contribution in [0.5, 0.6) is 0 Å². The molecule has 0 aliphatic carbocycles. The molecule has 2 amide bonds. The highest BCUT2D eigenvalue weighted by Crippen LogP contribution is 2.28. The van der Waals surface area contributed by atoms with E-state index in [9.17, 15) is 9.59 Å². The van der Waals surface area contributed by atoms with E-state index in [-0.39, 0.29) is 30.7 Å². The van der Waals surface area contributed by atoms with E-state index in [1.165, 1.54) is 5.56 Å². The maximum Gasteiger partial charge on any atom is 0.235 e. The molecule has 0 saturated carbocycles. The van der Waals surface area contributed by atoms with Gasteiger partial charge in [-0.05, 0) is 23.6 Å². The fourth-order valence-corrected chi connectivity index (χ4v) is 3.25. The third-order valence-corrected chi connectivity index (χ3v) is 4.91. The number of amides is 2. The summed E-state index contributed by atoms with van der Waals surface area (Å²) in [4.78, 5) is 28.4.